The highest BCUT2D eigenvalue weighted by Gasteiger charge is 2.33. The molecule has 1 fully saturated rings. The van der Waals surface area contributed by atoms with Gasteiger partial charge in [-0.1, -0.05) is 50.7 Å². The monoisotopic (exact) mass is 315 g/mol. The van der Waals surface area contributed by atoms with E-state index in [1.807, 2.05) is 0 Å². The zero-order valence-corrected chi connectivity index (χ0v) is 14.3. The van der Waals surface area contributed by atoms with Crippen LogP contribution in [0.4, 0.5) is 0 Å². The molecule has 2 aliphatic rings. The molecule has 0 saturated heterocycles. The van der Waals surface area contributed by atoms with Crippen molar-refractivity contribution in [3.8, 4) is 0 Å². The van der Waals surface area contributed by atoms with Crippen LogP contribution in [0.15, 0.2) is 4.99 Å². The molecule has 1 aliphatic heterocycles. The highest BCUT2D eigenvalue weighted by Crippen LogP contribution is 2.35. The number of aliphatic imine (C=N–C) groups is 1. The SMILES string of the molecule is CC(C)[C@@H]1CC[C@@H](C)C[C@@H]1OC(=O)CSC1=NCCS1. The van der Waals surface area contributed by atoms with Crippen LogP contribution in [0.2, 0.25) is 0 Å². The third-order valence-corrected chi connectivity index (χ3v) is 6.34. The fraction of sp³-hybridized carbons (Fsp3) is 0.867. The number of hydrogen-bond acceptors (Lipinski definition) is 5. The van der Waals surface area contributed by atoms with Crippen LogP contribution >= 0.6 is 23.5 Å². The standard InChI is InChI=1S/C15H25NO2S2/c1-10(2)12-5-4-11(3)8-13(12)18-14(17)9-20-15-16-6-7-19-15/h10-13H,4-9H2,1-3H3/t11-,12+,13+/m1/s1. The van der Waals surface area contributed by atoms with Crippen molar-refractivity contribution in [1.29, 1.82) is 0 Å². The zero-order chi connectivity index (χ0) is 14.5. The second kappa shape index (κ2) is 7.74. The van der Waals surface area contributed by atoms with Gasteiger partial charge in [0.2, 0.25) is 0 Å². The Morgan fingerprint density at radius 2 is 2.30 bits per heavy atom. The molecule has 0 radical (unpaired) electrons. The van der Waals surface area contributed by atoms with Crippen molar-refractivity contribution >= 4 is 33.9 Å². The van der Waals surface area contributed by atoms with Crippen molar-refractivity contribution < 1.29 is 9.53 Å². The van der Waals surface area contributed by atoms with Gasteiger partial charge in [0.15, 0.2) is 0 Å². The van der Waals surface area contributed by atoms with Crippen molar-refractivity contribution in [3.63, 3.8) is 0 Å². The molecular formula is C15H25NO2S2. The van der Waals surface area contributed by atoms with E-state index in [4.69, 9.17) is 4.74 Å². The number of rotatable bonds is 4. The lowest BCUT2D eigenvalue weighted by Gasteiger charge is -2.36. The second-order valence-electron chi connectivity index (χ2n) is 6.14. The summed E-state index contributed by atoms with van der Waals surface area (Å²) in [5.74, 6) is 3.16. The normalized spacial score (nSPS) is 30.4. The minimum Gasteiger partial charge on any atom is -0.461 e. The van der Waals surface area contributed by atoms with E-state index in [0.29, 0.717) is 23.5 Å². The lowest BCUT2D eigenvalue weighted by Crippen LogP contribution is -2.36. The summed E-state index contributed by atoms with van der Waals surface area (Å²) in [6, 6.07) is 0. The molecule has 0 bridgehead atoms. The third kappa shape index (κ3) is 4.69. The fourth-order valence-corrected chi connectivity index (χ4v) is 4.77. The Morgan fingerprint density at radius 3 is 2.95 bits per heavy atom. The zero-order valence-electron chi connectivity index (χ0n) is 12.6. The Morgan fingerprint density at radius 1 is 1.50 bits per heavy atom. The number of carbonyl (C=O) groups is 1. The number of hydrogen-bond donors (Lipinski definition) is 0. The first kappa shape index (κ1) is 16.2. The highest BCUT2D eigenvalue weighted by molar-refractivity contribution is 8.39. The Bertz CT molecular complexity index is 371. The average molecular weight is 316 g/mol. The van der Waals surface area contributed by atoms with Gasteiger partial charge < -0.3 is 4.74 Å². The molecule has 0 unspecified atom stereocenters. The molecule has 0 aromatic carbocycles. The van der Waals surface area contributed by atoms with Gasteiger partial charge in [-0.2, -0.15) is 0 Å². The van der Waals surface area contributed by atoms with E-state index in [1.54, 1.807) is 11.8 Å². The summed E-state index contributed by atoms with van der Waals surface area (Å²) in [6.07, 6.45) is 3.59. The molecule has 0 amide bonds. The van der Waals surface area contributed by atoms with Gasteiger partial charge >= 0.3 is 5.97 Å². The maximum absolute atomic E-state index is 12.0. The lowest BCUT2D eigenvalue weighted by atomic mass is 9.75. The van der Waals surface area contributed by atoms with E-state index in [-0.39, 0.29) is 12.1 Å². The maximum atomic E-state index is 12.0. The van der Waals surface area contributed by atoms with Crippen LogP contribution in [-0.2, 0) is 9.53 Å². The van der Waals surface area contributed by atoms with Crippen molar-refractivity contribution in [1.82, 2.24) is 0 Å². The first-order valence-corrected chi connectivity index (χ1v) is 9.53. The molecule has 0 aromatic rings. The van der Waals surface area contributed by atoms with Gasteiger partial charge in [-0.3, -0.25) is 9.79 Å². The van der Waals surface area contributed by atoms with E-state index in [0.717, 1.165) is 23.1 Å². The summed E-state index contributed by atoms with van der Waals surface area (Å²) in [5.41, 5.74) is 0. The van der Waals surface area contributed by atoms with Crippen molar-refractivity contribution in [2.45, 2.75) is 46.1 Å². The Labute approximate surface area is 130 Å². The summed E-state index contributed by atoms with van der Waals surface area (Å²) in [6.45, 7) is 7.62. The number of carbonyl (C=O) groups excluding carboxylic acids is 1. The van der Waals surface area contributed by atoms with Gasteiger partial charge in [-0.15, -0.1) is 0 Å². The lowest BCUT2D eigenvalue weighted by molar-refractivity contribution is -0.152. The molecule has 1 saturated carbocycles. The van der Waals surface area contributed by atoms with Gasteiger partial charge in [0.25, 0.3) is 0 Å². The van der Waals surface area contributed by atoms with Crippen molar-refractivity contribution in [2.75, 3.05) is 18.1 Å². The molecule has 0 aromatic heterocycles. The van der Waals surface area contributed by atoms with Gasteiger partial charge in [0, 0.05) is 5.75 Å². The average Bonchev–Trinajstić information content (AvgIpc) is 2.89. The molecule has 20 heavy (non-hydrogen) atoms. The second-order valence-corrected chi connectivity index (χ2v) is 8.45. The van der Waals surface area contributed by atoms with Crippen LogP contribution in [-0.4, -0.2) is 34.5 Å². The first-order valence-electron chi connectivity index (χ1n) is 7.55. The van der Waals surface area contributed by atoms with E-state index >= 15 is 0 Å². The Balaban J connectivity index is 1.80. The van der Waals surface area contributed by atoms with Gasteiger partial charge in [0.1, 0.15) is 10.5 Å². The van der Waals surface area contributed by atoms with E-state index in [2.05, 4.69) is 25.8 Å². The minimum absolute atomic E-state index is 0.0741. The molecule has 3 atom stereocenters. The molecule has 2 rings (SSSR count). The van der Waals surface area contributed by atoms with Crippen LogP contribution < -0.4 is 0 Å². The van der Waals surface area contributed by atoms with E-state index in [9.17, 15) is 4.79 Å². The number of thioether (sulfide) groups is 2. The molecule has 0 spiro atoms. The summed E-state index contributed by atoms with van der Waals surface area (Å²) in [5, 5.41) is 0. The predicted molar refractivity (Wildman–Crippen MR) is 88.4 cm³/mol. The minimum atomic E-state index is -0.0741. The quantitative estimate of drug-likeness (QED) is 0.739. The van der Waals surface area contributed by atoms with Crippen LogP contribution in [0.25, 0.3) is 0 Å². The fourth-order valence-electron chi connectivity index (χ4n) is 2.98. The predicted octanol–water partition coefficient (Wildman–Crippen LogP) is 3.83. The van der Waals surface area contributed by atoms with E-state index < -0.39 is 0 Å². The summed E-state index contributed by atoms with van der Waals surface area (Å²) >= 11 is 3.27. The van der Waals surface area contributed by atoms with Crippen molar-refractivity contribution in [3.05, 3.63) is 0 Å². The topological polar surface area (TPSA) is 38.7 Å². The molecule has 0 N–H and O–H groups in total. The summed E-state index contributed by atoms with van der Waals surface area (Å²) in [4.78, 5) is 16.4. The molecule has 5 heteroatoms. The number of nitrogens with zero attached hydrogens (tertiary/aromatic N) is 1. The van der Waals surface area contributed by atoms with Crippen LogP contribution in [0, 0.1) is 17.8 Å². The smallest absolute Gasteiger partial charge is 0.316 e. The molecule has 1 aliphatic carbocycles. The Kier molecular flexibility index (Phi) is 6.27. The highest BCUT2D eigenvalue weighted by atomic mass is 32.2. The van der Waals surface area contributed by atoms with E-state index in [1.165, 1.54) is 24.6 Å². The van der Waals surface area contributed by atoms with Crippen LogP contribution in [0.1, 0.15) is 40.0 Å². The van der Waals surface area contributed by atoms with Gasteiger partial charge in [-0.05, 0) is 30.6 Å². The van der Waals surface area contributed by atoms with Crippen LogP contribution in [0.3, 0.4) is 0 Å². The number of ether oxygens (including phenoxy) is 1. The largest absolute Gasteiger partial charge is 0.461 e. The van der Waals surface area contributed by atoms with Gasteiger partial charge in [0.05, 0.1) is 12.3 Å². The third-order valence-electron chi connectivity index (χ3n) is 4.12. The molecule has 3 nitrogen and oxygen atoms in total. The molecule has 114 valence electrons. The summed E-state index contributed by atoms with van der Waals surface area (Å²) < 4.78 is 6.81. The summed E-state index contributed by atoms with van der Waals surface area (Å²) in [7, 11) is 0. The maximum Gasteiger partial charge on any atom is 0.316 e. The van der Waals surface area contributed by atoms with Gasteiger partial charge in [-0.25, -0.2) is 0 Å². The van der Waals surface area contributed by atoms with Crippen molar-refractivity contribution in [2.24, 2.45) is 22.7 Å². The number of esters is 1. The Hall–Kier alpha value is -0.160. The first-order chi connectivity index (χ1) is 9.56. The van der Waals surface area contributed by atoms with Crippen LogP contribution in [0.5, 0.6) is 0 Å². The molecule has 1 heterocycles. The molecular weight excluding hydrogens is 290 g/mol.